The average molecular weight is 345 g/mol. The van der Waals surface area contributed by atoms with E-state index in [4.69, 9.17) is 4.74 Å². The van der Waals surface area contributed by atoms with Crippen LogP contribution in [0.5, 0.6) is 0 Å². The van der Waals surface area contributed by atoms with Crippen molar-refractivity contribution in [3.05, 3.63) is 11.6 Å². The van der Waals surface area contributed by atoms with Gasteiger partial charge < -0.3 is 4.74 Å². The van der Waals surface area contributed by atoms with Gasteiger partial charge in [0.25, 0.3) is 0 Å². The van der Waals surface area contributed by atoms with E-state index in [9.17, 15) is 0 Å². The first kappa shape index (κ1) is 18.1. The second-order valence-corrected chi connectivity index (χ2v) is 9.87. The zero-order chi connectivity index (χ0) is 17.2. The van der Waals surface area contributed by atoms with Crippen molar-refractivity contribution < 1.29 is 4.74 Å². The molecular formula is C24H40O. The molecule has 0 aromatic heterocycles. The minimum Gasteiger partial charge on any atom is -0.381 e. The van der Waals surface area contributed by atoms with Crippen LogP contribution in [0.1, 0.15) is 90.4 Å². The molecule has 3 saturated carbocycles. The predicted molar refractivity (Wildman–Crippen MR) is 106 cm³/mol. The first-order chi connectivity index (χ1) is 12.3. The molecule has 0 saturated heterocycles. The molecule has 7 unspecified atom stereocenters. The molecule has 0 bridgehead atoms. The summed E-state index contributed by atoms with van der Waals surface area (Å²) in [5.41, 5.74) is 1.89. The second-order valence-electron chi connectivity index (χ2n) is 9.87. The van der Waals surface area contributed by atoms with Gasteiger partial charge in [0.05, 0.1) is 6.10 Å². The molecule has 4 rings (SSSR count). The van der Waals surface area contributed by atoms with Crippen LogP contribution in [0.4, 0.5) is 0 Å². The van der Waals surface area contributed by atoms with Gasteiger partial charge >= 0.3 is 0 Å². The first-order valence-electron chi connectivity index (χ1n) is 11.5. The van der Waals surface area contributed by atoms with Crippen molar-refractivity contribution in [2.45, 2.75) is 96.5 Å². The van der Waals surface area contributed by atoms with Gasteiger partial charge in [-0.05, 0) is 106 Å². The fraction of sp³-hybridized carbons (Fsp3) is 0.917. The summed E-state index contributed by atoms with van der Waals surface area (Å²) >= 11 is 0. The molecule has 1 nitrogen and oxygen atoms in total. The summed E-state index contributed by atoms with van der Waals surface area (Å²) in [6, 6.07) is 0. The van der Waals surface area contributed by atoms with E-state index in [2.05, 4.69) is 13.0 Å². The lowest BCUT2D eigenvalue weighted by Gasteiger charge is -2.44. The van der Waals surface area contributed by atoms with Gasteiger partial charge in [0.15, 0.2) is 0 Å². The van der Waals surface area contributed by atoms with Gasteiger partial charge in [-0.3, -0.25) is 0 Å². The maximum absolute atomic E-state index is 5.66. The smallest absolute Gasteiger partial charge is 0.0574 e. The highest BCUT2D eigenvalue weighted by atomic mass is 16.5. The van der Waals surface area contributed by atoms with Crippen LogP contribution < -0.4 is 0 Å². The number of ether oxygens (including phenoxy) is 1. The third-order valence-electron chi connectivity index (χ3n) is 8.50. The van der Waals surface area contributed by atoms with Gasteiger partial charge in [-0.15, -0.1) is 0 Å². The van der Waals surface area contributed by atoms with E-state index in [0.717, 1.165) is 35.5 Å². The fourth-order valence-electron chi connectivity index (χ4n) is 7.05. The molecule has 0 aromatic rings. The number of hydrogen-bond donors (Lipinski definition) is 0. The maximum atomic E-state index is 5.66. The highest BCUT2D eigenvalue weighted by Gasteiger charge is 2.38. The van der Waals surface area contributed by atoms with Crippen LogP contribution in [0, 0.1) is 35.5 Å². The van der Waals surface area contributed by atoms with Crippen molar-refractivity contribution in [3.63, 3.8) is 0 Å². The molecule has 25 heavy (non-hydrogen) atoms. The Balaban J connectivity index is 1.34. The van der Waals surface area contributed by atoms with Crippen LogP contribution >= 0.6 is 0 Å². The summed E-state index contributed by atoms with van der Waals surface area (Å²) in [5.74, 6) is 5.93. The molecular weight excluding hydrogens is 304 g/mol. The monoisotopic (exact) mass is 344 g/mol. The first-order valence-corrected chi connectivity index (χ1v) is 11.5. The van der Waals surface area contributed by atoms with Crippen LogP contribution in [0.25, 0.3) is 0 Å². The van der Waals surface area contributed by atoms with Crippen LogP contribution in [-0.4, -0.2) is 13.2 Å². The van der Waals surface area contributed by atoms with Crippen molar-refractivity contribution in [1.82, 2.24) is 0 Å². The summed E-state index contributed by atoms with van der Waals surface area (Å²) in [5, 5.41) is 0. The molecule has 1 heteroatoms. The number of methoxy groups -OCH3 is 1. The lowest BCUT2D eigenvalue weighted by atomic mass is 9.62. The Kier molecular flexibility index (Phi) is 5.90. The van der Waals surface area contributed by atoms with Crippen molar-refractivity contribution in [2.75, 3.05) is 7.11 Å². The summed E-state index contributed by atoms with van der Waals surface area (Å²) in [7, 11) is 1.91. The number of rotatable bonds is 4. The molecule has 142 valence electrons. The summed E-state index contributed by atoms with van der Waals surface area (Å²) in [4.78, 5) is 0. The van der Waals surface area contributed by atoms with Crippen LogP contribution in [-0.2, 0) is 4.74 Å². The molecule has 4 aliphatic carbocycles. The lowest BCUT2D eigenvalue weighted by molar-refractivity contribution is 0.00870. The number of fused-ring (bicyclic) bond motifs is 2. The van der Waals surface area contributed by atoms with Gasteiger partial charge in [0.1, 0.15) is 0 Å². The molecule has 0 aromatic carbocycles. The number of hydrogen-bond acceptors (Lipinski definition) is 1. The molecule has 0 spiro atoms. The van der Waals surface area contributed by atoms with Gasteiger partial charge in [0.2, 0.25) is 0 Å². The molecule has 0 aliphatic heterocycles. The SMILES string of the molecule is CCCC1CCC2C=C(C3CCC4CC(OC)CCC4C3)CCC2C1. The van der Waals surface area contributed by atoms with E-state index in [-0.39, 0.29) is 0 Å². The van der Waals surface area contributed by atoms with Crippen molar-refractivity contribution >= 4 is 0 Å². The Morgan fingerprint density at radius 3 is 2.56 bits per heavy atom. The Hall–Kier alpha value is -0.300. The Morgan fingerprint density at radius 1 is 0.880 bits per heavy atom. The standard InChI is InChI=1S/C24H40O/c1-3-4-17-5-6-19-14-20(8-7-18(19)13-17)21-9-10-23-16-24(25-2)12-11-22(23)15-21/h14,17-19,21-24H,3-13,15-16H2,1-2H3. The Morgan fingerprint density at radius 2 is 1.72 bits per heavy atom. The van der Waals surface area contributed by atoms with Crippen LogP contribution in [0.3, 0.4) is 0 Å². The highest BCUT2D eigenvalue weighted by molar-refractivity contribution is 5.15. The topological polar surface area (TPSA) is 9.23 Å². The third-order valence-corrected chi connectivity index (χ3v) is 8.50. The second kappa shape index (κ2) is 8.15. The number of allylic oxidation sites excluding steroid dienone is 2. The predicted octanol–water partition coefficient (Wildman–Crippen LogP) is 6.77. The zero-order valence-corrected chi connectivity index (χ0v) is 16.7. The molecule has 0 radical (unpaired) electrons. The van der Waals surface area contributed by atoms with E-state index < -0.39 is 0 Å². The van der Waals surface area contributed by atoms with Crippen LogP contribution in [0.15, 0.2) is 11.6 Å². The molecule has 4 aliphatic rings. The largest absolute Gasteiger partial charge is 0.381 e. The molecule has 3 fully saturated rings. The lowest BCUT2D eigenvalue weighted by Crippen LogP contribution is -2.35. The van der Waals surface area contributed by atoms with Gasteiger partial charge in [-0.1, -0.05) is 31.4 Å². The molecule has 0 amide bonds. The fourth-order valence-corrected chi connectivity index (χ4v) is 7.05. The Labute approximate surface area is 156 Å². The van der Waals surface area contributed by atoms with Gasteiger partial charge in [0, 0.05) is 7.11 Å². The van der Waals surface area contributed by atoms with Gasteiger partial charge in [-0.2, -0.15) is 0 Å². The zero-order valence-electron chi connectivity index (χ0n) is 16.7. The van der Waals surface area contributed by atoms with Crippen LogP contribution in [0.2, 0.25) is 0 Å². The molecule has 0 heterocycles. The third kappa shape index (κ3) is 4.02. The normalized spacial score (nSPS) is 44.6. The minimum absolute atomic E-state index is 0.561. The summed E-state index contributed by atoms with van der Waals surface area (Å²) < 4.78 is 5.66. The van der Waals surface area contributed by atoms with E-state index in [1.807, 2.05) is 12.7 Å². The molecule has 0 N–H and O–H groups in total. The van der Waals surface area contributed by atoms with E-state index >= 15 is 0 Å². The highest BCUT2D eigenvalue weighted by Crippen LogP contribution is 2.49. The summed E-state index contributed by atoms with van der Waals surface area (Å²) in [6.45, 7) is 2.36. The van der Waals surface area contributed by atoms with Crippen molar-refractivity contribution in [2.24, 2.45) is 35.5 Å². The van der Waals surface area contributed by atoms with E-state index in [1.54, 1.807) is 0 Å². The van der Waals surface area contributed by atoms with E-state index in [0.29, 0.717) is 6.10 Å². The molecule has 7 atom stereocenters. The summed E-state index contributed by atoms with van der Waals surface area (Å²) in [6.07, 6.45) is 22.2. The van der Waals surface area contributed by atoms with Gasteiger partial charge in [-0.25, -0.2) is 0 Å². The van der Waals surface area contributed by atoms with Crippen molar-refractivity contribution in [1.29, 1.82) is 0 Å². The Bertz CT molecular complexity index is 467. The van der Waals surface area contributed by atoms with Crippen molar-refractivity contribution in [3.8, 4) is 0 Å². The minimum atomic E-state index is 0.561. The maximum Gasteiger partial charge on any atom is 0.0574 e. The van der Waals surface area contributed by atoms with E-state index in [1.165, 1.54) is 83.5 Å². The average Bonchev–Trinajstić information content (AvgIpc) is 2.67. The quantitative estimate of drug-likeness (QED) is 0.511.